The highest BCUT2D eigenvalue weighted by atomic mass is 16.6. The lowest BCUT2D eigenvalue weighted by atomic mass is 10.1. The number of unbranched alkanes of at least 4 members (excludes halogenated alkanes) is 8. The van der Waals surface area contributed by atoms with Crippen molar-refractivity contribution in [2.75, 3.05) is 13.2 Å². The maximum Gasteiger partial charge on any atom is 0.313 e. The van der Waals surface area contributed by atoms with Crippen molar-refractivity contribution in [1.82, 2.24) is 0 Å². The molecule has 0 atom stereocenters. The van der Waals surface area contributed by atoms with Crippen LogP contribution < -0.4 is 4.74 Å². The molecule has 0 aliphatic heterocycles. The van der Waals surface area contributed by atoms with Crippen LogP contribution in [0.15, 0.2) is 16.5 Å². The van der Waals surface area contributed by atoms with Crippen LogP contribution in [0.5, 0.6) is 5.95 Å². The molecule has 0 unspecified atom stereocenters. The van der Waals surface area contributed by atoms with Crippen molar-refractivity contribution in [2.24, 2.45) is 0 Å². The lowest BCUT2D eigenvalue weighted by molar-refractivity contribution is -0.142. The largest absolute Gasteiger partial charge is 0.466 e. The molecule has 0 saturated carbocycles. The average Bonchev–Trinajstić information content (AvgIpc) is 3.06. The first kappa shape index (κ1) is 21.3. The zero-order valence-corrected chi connectivity index (χ0v) is 15.7. The highest BCUT2D eigenvalue weighted by molar-refractivity contribution is 6.04. The van der Waals surface area contributed by atoms with Gasteiger partial charge >= 0.3 is 5.97 Å². The van der Waals surface area contributed by atoms with Crippen molar-refractivity contribution in [1.29, 1.82) is 0 Å². The van der Waals surface area contributed by atoms with Crippen molar-refractivity contribution < 1.29 is 23.5 Å². The third-order valence-electron chi connectivity index (χ3n) is 3.96. The highest BCUT2D eigenvalue weighted by Crippen LogP contribution is 2.18. The van der Waals surface area contributed by atoms with Gasteiger partial charge in [0.1, 0.15) is 6.42 Å². The van der Waals surface area contributed by atoms with Crippen LogP contribution in [0.1, 0.15) is 88.6 Å². The van der Waals surface area contributed by atoms with Gasteiger partial charge in [0.05, 0.1) is 13.2 Å². The number of rotatable bonds is 15. The predicted molar refractivity (Wildman–Crippen MR) is 97.0 cm³/mol. The maximum absolute atomic E-state index is 11.8. The Balaban J connectivity index is 2.09. The van der Waals surface area contributed by atoms with Gasteiger partial charge in [-0.2, -0.15) is 0 Å². The molecule has 0 bridgehead atoms. The summed E-state index contributed by atoms with van der Waals surface area (Å²) in [5.74, 6) is -0.473. The molecule has 0 radical (unpaired) electrons. The Kier molecular flexibility index (Phi) is 11.5. The van der Waals surface area contributed by atoms with Crippen LogP contribution in [0.2, 0.25) is 0 Å². The lowest BCUT2D eigenvalue weighted by Gasteiger charge is -2.03. The van der Waals surface area contributed by atoms with Crippen LogP contribution in [-0.2, 0) is 9.53 Å². The molecule has 1 aromatic rings. The van der Waals surface area contributed by atoms with Crippen LogP contribution >= 0.6 is 0 Å². The summed E-state index contributed by atoms with van der Waals surface area (Å²) in [6, 6.07) is 3.15. The summed E-state index contributed by atoms with van der Waals surface area (Å²) in [5, 5.41) is 0. The minimum absolute atomic E-state index is 0.134. The Morgan fingerprint density at radius 1 is 0.920 bits per heavy atom. The van der Waals surface area contributed by atoms with E-state index in [1.165, 1.54) is 51.0 Å². The molecule has 0 aromatic carbocycles. The molecular weight excluding hydrogens is 320 g/mol. The lowest BCUT2D eigenvalue weighted by Crippen LogP contribution is -2.10. The van der Waals surface area contributed by atoms with Crippen LogP contribution in [-0.4, -0.2) is 25.0 Å². The quantitative estimate of drug-likeness (QED) is 0.185. The van der Waals surface area contributed by atoms with Gasteiger partial charge in [0.2, 0.25) is 5.78 Å². The molecule has 0 saturated heterocycles. The molecule has 0 aliphatic rings. The number of carbonyl (C=O) groups is 2. The number of ketones is 1. The van der Waals surface area contributed by atoms with Crippen molar-refractivity contribution in [3.05, 3.63) is 17.9 Å². The van der Waals surface area contributed by atoms with Crippen LogP contribution in [0.25, 0.3) is 0 Å². The molecule has 1 heterocycles. The van der Waals surface area contributed by atoms with E-state index in [0.717, 1.165) is 12.8 Å². The smallest absolute Gasteiger partial charge is 0.313 e. The first-order valence-electron chi connectivity index (χ1n) is 9.58. The minimum atomic E-state index is -0.541. The first-order chi connectivity index (χ1) is 12.2. The van der Waals surface area contributed by atoms with E-state index in [4.69, 9.17) is 13.9 Å². The fourth-order valence-electron chi connectivity index (χ4n) is 2.56. The van der Waals surface area contributed by atoms with Crippen molar-refractivity contribution >= 4 is 11.8 Å². The molecular formula is C20H32O5. The van der Waals surface area contributed by atoms with Gasteiger partial charge in [-0.1, -0.05) is 58.3 Å². The number of esters is 1. The molecule has 0 N–H and O–H groups in total. The van der Waals surface area contributed by atoms with Crippen molar-refractivity contribution in [3.63, 3.8) is 0 Å². The molecule has 5 heteroatoms. The number of furan rings is 1. The standard InChI is InChI=1S/C20H32O5/c1-3-5-6-7-8-9-10-11-12-15-24-20-14-13-18(25-20)17(21)16-19(22)23-4-2/h13-14H,3-12,15-16H2,1-2H3. The molecule has 5 nitrogen and oxygen atoms in total. The number of hydrogen-bond donors (Lipinski definition) is 0. The summed E-state index contributed by atoms with van der Waals surface area (Å²) in [6.07, 6.45) is 11.0. The van der Waals surface area contributed by atoms with E-state index in [2.05, 4.69) is 6.92 Å². The molecule has 1 aromatic heterocycles. The van der Waals surface area contributed by atoms with E-state index in [1.807, 2.05) is 0 Å². The van der Waals surface area contributed by atoms with E-state index in [-0.39, 0.29) is 18.8 Å². The summed E-state index contributed by atoms with van der Waals surface area (Å²) in [7, 11) is 0. The van der Waals surface area contributed by atoms with E-state index >= 15 is 0 Å². The van der Waals surface area contributed by atoms with E-state index in [1.54, 1.807) is 13.0 Å². The Bertz CT molecular complexity index is 492. The topological polar surface area (TPSA) is 65.7 Å². The van der Waals surface area contributed by atoms with Crippen LogP contribution in [0.4, 0.5) is 0 Å². The van der Waals surface area contributed by atoms with Gasteiger partial charge < -0.3 is 13.9 Å². The van der Waals surface area contributed by atoms with E-state index in [0.29, 0.717) is 12.6 Å². The molecule has 1 rings (SSSR count). The number of Topliss-reactive ketones (excluding diaryl/α,β-unsaturated/α-hetero) is 1. The summed E-state index contributed by atoms with van der Waals surface area (Å²) in [5.41, 5.74) is 0. The van der Waals surface area contributed by atoms with Crippen LogP contribution in [0.3, 0.4) is 0 Å². The van der Waals surface area contributed by atoms with Crippen LogP contribution in [0, 0.1) is 0 Å². The van der Waals surface area contributed by atoms with Crippen molar-refractivity contribution in [3.8, 4) is 5.95 Å². The SMILES string of the molecule is CCCCCCCCCCCOc1ccc(C(=O)CC(=O)OCC)o1. The Morgan fingerprint density at radius 3 is 2.20 bits per heavy atom. The van der Waals surface area contributed by atoms with E-state index in [9.17, 15) is 9.59 Å². The summed E-state index contributed by atoms with van der Waals surface area (Å²) in [4.78, 5) is 23.1. The number of hydrogen-bond acceptors (Lipinski definition) is 5. The van der Waals surface area contributed by atoms with Crippen molar-refractivity contribution in [2.45, 2.75) is 78.1 Å². The van der Waals surface area contributed by atoms with Gasteiger partial charge in [0.25, 0.3) is 5.95 Å². The van der Waals surface area contributed by atoms with Gasteiger partial charge in [0, 0.05) is 6.07 Å². The van der Waals surface area contributed by atoms with Gasteiger partial charge in [0.15, 0.2) is 5.76 Å². The summed E-state index contributed by atoms with van der Waals surface area (Å²) >= 11 is 0. The van der Waals surface area contributed by atoms with E-state index < -0.39 is 11.8 Å². The third-order valence-corrected chi connectivity index (χ3v) is 3.96. The molecule has 25 heavy (non-hydrogen) atoms. The Hall–Kier alpha value is -1.78. The highest BCUT2D eigenvalue weighted by Gasteiger charge is 2.16. The Morgan fingerprint density at radius 2 is 1.56 bits per heavy atom. The molecule has 0 spiro atoms. The molecule has 0 fully saturated rings. The minimum Gasteiger partial charge on any atom is -0.466 e. The fraction of sp³-hybridized carbons (Fsp3) is 0.700. The predicted octanol–water partition coefficient (Wildman–Crippen LogP) is 5.33. The normalized spacial score (nSPS) is 10.6. The van der Waals surface area contributed by atoms with Gasteiger partial charge in [-0.15, -0.1) is 0 Å². The molecule has 0 amide bonds. The van der Waals surface area contributed by atoms with Gasteiger partial charge in [-0.05, 0) is 19.4 Å². The monoisotopic (exact) mass is 352 g/mol. The number of carbonyl (C=O) groups excluding carboxylic acids is 2. The maximum atomic E-state index is 11.8. The zero-order valence-electron chi connectivity index (χ0n) is 15.7. The summed E-state index contributed by atoms with van der Waals surface area (Å²) < 4.78 is 15.6. The second-order valence-electron chi connectivity index (χ2n) is 6.20. The second-order valence-corrected chi connectivity index (χ2v) is 6.20. The third kappa shape index (κ3) is 9.95. The summed E-state index contributed by atoms with van der Waals surface area (Å²) in [6.45, 7) is 4.78. The second kappa shape index (κ2) is 13.5. The van der Waals surface area contributed by atoms with Gasteiger partial charge in [-0.25, -0.2) is 0 Å². The molecule has 0 aliphatic carbocycles. The first-order valence-corrected chi connectivity index (χ1v) is 9.58. The fourth-order valence-corrected chi connectivity index (χ4v) is 2.56. The van der Waals surface area contributed by atoms with Gasteiger partial charge in [-0.3, -0.25) is 9.59 Å². The molecule has 142 valence electrons. The Labute approximate surface area is 151 Å². The zero-order chi connectivity index (χ0) is 18.3. The number of ether oxygens (including phenoxy) is 2. The average molecular weight is 352 g/mol.